The maximum atomic E-state index is 4.73. The molecular weight excluding hydrogens is 200 g/mol. The molecule has 0 amide bonds. The highest BCUT2D eigenvalue weighted by atomic mass is 15.3. The van der Waals surface area contributed by atoms with Crippen molar-refractivity contribution in [2.75, 3.05) is 6.54 Å². The maximum Gasteiger partial charge on any atom is 0.167 e. The molecule has 1 saturated carbocycles. The Morgan fingerprint density at radius 3 is 2.88 bits per heavy atom. The number of rotatable bonds is 2. The SMILES string of the molecule is Cn1nc(C2CCCCCN2)nc1C1CC1. The highest BCUT2D eigenvalue weighted by Gasteiger charge is 2.30. The molecule has 1 aliphatic carbocycles. The van der Waals surface area contributed by atoms with Crippen LogP contribution in [-0.4, -0.2) is 21.3 Å². The summed E-state index contributed by atoms with van der Waals surface area (Å²) in [5.41, 5.74) is 0. The fourth-order valence-electron chi connectivity index (χ4n) is 2.51. The predicted molar refractivity (Wildman–Crippen MR) is 62.2 cm³/mol. The smallest absolute Gasteiger partial charge is 0.167 e. The van der Waals surface area contributed by atoms with Gasteiger partial charge in [-0.05, 0) is 32.2 Å². The van der Waals surface area contributed by atoms with E-state index >= 15 is 0 Å². The molecule has 4 nitrogen and oxygen atoms in total. The largest absolute Gasteiger partial charge is 0.307 e. The Morgan fingerprint density at radius 1 is 1.19 bits per heavy atom. The third kappa shape index (κ3) is 1.98. The summed E-state index contributed by atoms with van der Waals surface area (Å²) in [6, 6.07) is 0.390. The Hall–Kier alpha value is -0.900. The van der Waals surface area contributed by atoms with Crippen molar-refractivity contribution >= 4 is 0 Å². The highest BCUT2D eigenvalue weighted by molar-refractivity contribution is 5.08. The van der Waals surface area contributed by atoms with Crippen LogP contribution in [-0.2, 0) is 7.05 Å². The van der Waals surface area contributed by atoms with E-state index in [2.05, 4.69) is 10.4 Å². The van der Waals surface area contributed by atoms with Gasteiger partial charge in [0, 0.05) is 13.0 Å². The zero-order valence-corrected chi connectivity index (χ0v) is 9.95. The molecule has 1 aromatic heterocycles. The van der Waals surface area contributed by atoms with Crippen LogP contribution in [0.5, 0.6) is 0 Å². The first kappa shape index (κ1) is 10.3. The van der Waals surface area contributed by atoms with Gasteiger partial charge < -0.3 is 5.32 Å². The van der Waals surface area contributed by atoms with Crippen LogP contribution in [0, 0.1) is 0 Å². The van der Waals surface area contributed by atoms with Crippen LogP contribution in [0.3, 0.4) is 0 Å². The van der Waals surface area contributed by atoms with Gasteiger partial charge in [-0.1, -0.05) is 12.8 Å². The van der Waals surface area contributed by atoms with Crippen molar-refractivity contribution in [2.45, 2.75) is 50.5 Å². The summed E-state index contributed by atoms with van der Waals surface area (Å²) < 4.78 is 1.99. The first-order valence-corrected chi connectivity index (χ1v) is 6.49. The van der Waals surface area contributed by atoms with Gasteiger partial charge in [0.05, 0.1) is 6.04 Å². The van der Waals surface area contributed by atoms with Crippen LogP contribution in [0.25, 0.3) is 0 Å². The molecule has 0 aromatic carbocycles. The minimum Gasteiger partial charge on any atom is -0.307 e. The van der Waals surface area contributed by atoms with Gasteiger partial charge in [0.2, 0.25) is 0 Å². The van der Waals surface area contributed by atoms with E-state index < -0.39 is 0 Å². The quantitative estimate of drug-likeness (QED) is 0.827. The summed E-state index contributed by atoms with van der Waals surface area (Å²) in [5.74, 6) is 2.91. The molecule has 2 fully saturated rings. The average molecular weight is 220 g/mol. The van der Waals surface area contributed by atoms with Gasteiger partial charge in [0.1, 0.15) is 5.82 Å². The van der Waals surface area contributed by atoms with Gasteiger partial charge in [0.15, 0.2) is 5.82 Å². The highest BCUT2D eigenvalue weighted by Crippen LogP contribution is 2.39. The van der Waals surface area contributed by atoms with E-state index in [1.807, 2.05) is 11.7 Å². The standard InChI is InChI=1S/C12H20N4/c1-16-12(9-6-7-9)14-11(15-16)10-5-3-2-4-8-13-10/h9-10,13H,2-8H2,1H3. The molecule has 4 heteroatoms. The molecule has 88 valence electrons. The van der Waals surface area contributed by atoms with Gasteiger partial charge in [0.25, 0.3) is 0 Å². The van der Waals surface area contributed by atoms with Crippen LogP contribution in [0.15, 0.2) is 0 Å². The van der Waals surface area contributed by atoms with Crippen LogP contribution in [0.1, 0.15) is 62.1 Å². The van der Waals surface area contributed by atoms with E-state index in [9.17, 15) is 0 Å². The average Bonchev–Trinajstić information content (AvgIpc) is 3.08. The monoisotopic (exact) mass is 220 g/mol. The van der Waals surface area contributed by atoms with Crippen molar-refractivity contribution in [2.24, 2.45) is 7.05 Å². The van der Waals surface area contributed by atoms with Crippen molar-refractivity contribution in [1.82, 2.24) is 20.1 Å². The zero-order valence-electron chi connectivity index (χ0n) is 9.95. The fourth-order valence-corrected chi connectivity index (χ4v) is 2.51. The van der Waals surface area contributed by atoms with E-state index in [0.717, 1.165) is 12.4 Å². The van der Waals surface area contributed by atoms with E-state index in [-0.39, 0.29) is 0 Å². The topological polar surface area (TPSA) is 42.7 Å². The van der Waals surface area contributed by atoms with Crippen molar-refractivity contribution in [3.05, 3.63) is 11.6 Å². The van der Waals surface area contributed by atoms with Crippen LogP contribution in [0.2, 0.25) is 0 Å². The predicted octanol–water partition coefficient (Wildman–Crippen LogP) is 1.90. The van der Waals surface area contributed by atoms with Crippen molar-refractivity contribution in [3.8, 4) is 0 Å². The summed E-state index contributed by atoms with van der Waals surface area (Å²) in [7, 11) is 2.03. The first-order valence-electron chi connectivity index (χ1n) is 6.49. The third-order valence-corrected chi connectivity index (χ3v) is 3.63. The van der Waals surface area contributed by atoms with Crippen molar-refractivity contribution in [3.63, 3.8) is 0 Å². The zero-order chi connectivity index (χ0) is 11.0. The lowest BCUT2D eigenvalue weighted by molar-refractivity contribution is 0.504. The Kier molecular flexibility index (Phi) is 2.67. The molecule has 1 aromatic rings. The van der Waals surface area contributed by atoms with Gasteiger partial charge in [-0.25, -0.2) is 4.98 Å². The molecule has 0 spiro atoms. The van der Waals surface area contributed by atoms with Gasteiger partial charge in [-0.3, -0.25) is 4.68 Å². The van der Waals surface area contributed by atoms with Crippen LogP contribution >= 0.6 is 0 Å². The third-order valence-electron chi connectivity index (χ3n) is 3.63. The van der Waals surface area contributed by atoms with Crippen molar-refractivity contribution < 1.29 is 0 Å². The molecule has 1 aliphatic heterocycles. The Labute approximate surface area is 96.4 Å². The molecular formula is C12H20N4. The van der Waals surface area contributed by atoms with Crippen LogP contribution in [0.4, 0.5) is 0 Å². The number of aromatic nitrogens is 3. The minimum absolute atomic E-state index is 0.390. The van der Waals surface area contributed by atoms with Gasteiger partial charge in [-0.2, -0.15) is 5.10 Å². The summed E-state index contributed by atoms with van der Waals surface area (Å²) in [4.78, 5) is 4.73. The molecule has 1 saturated heterocycles. The molecule has 16 heavy (non-hydrogen) atoms. The number of hydrogen-bond donors (Lipinski definition) is 1. The van der Waals surface area contributed by atoms with Gasteiger partial charge in [-0.15, -0.1) is 0 Å². The van der Waals surface area contributed by atoms with Gasteiger partial charge >= 0.3 is 0 Å². The molecule has 0 bridgehead atoms. The molecule has 3 rings (SSSR count). The second-order valence-corrected chi connectivity index (χ2v) is 5.08. The Bertz CT molecular complexity index is 359. The molecule has 1 atom stereocenters. The van der Waals surface area contributed by atoms with Crippen molar-refractivity contribution in [1.29, 1.82) is 0 Å². The summed E-state index contributed by atoms with van der Waals surface area (Å²) >= 11 is 0. The maximum absolute atomic E-state index is 4.73. The normalized spacial score (nSPS) is 26.7. The number of hydrogen-bond acceptors (Lipinski definition) is 3. The fraction of sp³-hybridized carbons (Fsp3) is 0.833. The minimum atomic E-state index is 0.390. The number of aryl methyl sites for hydroxylation is 1. The number of nitrogens with zero attached hydrogens (tertiary/aromatic N) is 3. The summed E-state index contributed by atoms with van der Waals surface area (Å²) in [5, 5.41) is 8.14. The Morgan fingerprint density at radius 2 is 2.06 bits per heavy atom. The van der Waals surface area contributed by atoms with E-state index in [0.29, 0.717) is 12.0 Å². The second kappa shape index (κ2) is 4.17. The molecule has 0 radical (unpaired) electrons. The Balaban J connectivity index is 1.79. The summed E-state index contributed by atoms with van der Waals surface area (Å²) in [6.07, 6.45) is 7.71. The number of nitrogens with one attached hydrogen (secondary N) is 1. The lowest BCUT2D eigenvalue weighted by Gasteiger charge is -2.10. The lowest BCUT2D eigenvalue weighted by atomic mass is 10.1. The first-order chi connectivity index (χ1) is 7.84. The van der Waals surface area contributed by atoms with E-state index in [1.54, 1.807) is 0 Å². The molecule has 1 N–H and O–H groups in total. The lowest BCUT2D eigenvalue weighted by Crippen LogP contribution is -2.21. The second-order valence-electron chi connectivity index (χ2n) is 5.08. The molecule has 2 heterocycles. The molecule has 2 aliphatic rings. The van der Waals surface area contributed by atoms with Crippen LogP contribution < -0.4 is 5.32 Å². The summed E-state index contributed by atoms with van der Waals surface area (Å²) in [6.45, 7) is 1.11. The van der Waals surface area contributed by atoms with E-state index in [4.69, 9.17) is 4.98 Å². The van der Waals surface area contributed by atoms with E-state index in [1.165, 1.54) is 44.3 Å². The molecule has 1 unspecified atom stereocenters.